The van der Waals surface area contributed by atoms with Gasteiger partial charge in [0.05, 0.1) is 10.9 Å². The van der Waals surface area contributed by atoms with Crippen LogP contribution in [0.2, 0.25) is 5.15 Å². The van der Waals surface area contributed by atoms with E-state index in [1.54, 1.807) is 0 Å². The second-order valence-electron chi connectivity index (χ2n) is 4.86. The Balaban J connectivity index is 2.28. The van der Waals surface area contributed by atoms with Gasteiger partial charge in [0.15, 0.2) is 11.5 Å². The topological polar surface area (TPSA) is 80.9 Å². The number of fused-ring (bicyclic) bond motifs is 1. The SMILES string of the molecule is CC(F)(F)c1cccc(-n2nc(C(=O)O)c3cnc(Cl)cc32)n1. The van der Waals surface area contributed by atoms with E-state index in [1.165, 1.54) is 30.5 Å². The molecule has 0 aliphatic heterocycles. The van der Waals surface area contributed by atoms with Crippen molar-refractivity contribution in [3.8, 4) is 5.82 Å². The van der Waals surface area contributed by atoms with Gasteiger partial charge in [-0.25, -0.2) is 19.4 Å². The zero-order valence-electron chi connectivity index (χ0n) is 11.7. The van der Waals surface area contributed by atoms with E-state index < -0.39 is 17.6 Å². The van der Waals surface area contributed by atoms with Gasteiger partial charge in [-0.3, -0.25) is 0 Å². The Kier molecular flexibility index (Phi) is 3.48. The first-order valence-corrected chi connectivity index (χ1v) is 6.78. The molecule has 0 aliphatic carbocycles. The molecular weight excluding hydrogens is 330 g/mol. The zero-order valence-corrected chi connectivity index (χ0v) is 12.4. The van der Waals surface area contributed by atoms with E-state index in [1.807, 2.05) is 0 Å². The highest BCUT2D eigenvalue weighted by Gasteiger charge is 2.27. The van der Waals surface area contributed by atoms with Crippen molar-refractivity contribution >= 4 is 28.5 Å². The molecule has 3 aromatic heterocycles. The Morgan fingerprint density at radius 3 is 2.78 bits per heavy atom. The fourth-order valence-electron chi connectivity index (χ4n) is 2.10. The molecule has 118 valence electrons. The predicted molar refractivity (Wildman–Crippen MR) is 78.2 cm³/mol. The number of halogens is 3. The number of alkyl halides is 2. The fourth-order valence-corrected chi connectivity index (χ4v) is 2.26. The average molecular weight is 339 g/mol. The van der Waals surface area contributed by atoms with Crippen molar-refractivity contribution in [1.29, 1.82) is 0 Å². The smallest absolute Gasteiger partial charge is 0.357 e. The van der Waals surface area contributed by atoms with Crippen LogP contribution in [0.15, 0.2) is 30.5 Å². The largest absolute Gasteiger partial charge is 0.476 e. The highest BCUT2D eigenvalue weighted by atomic mass is 35.5. The van der Waals surface area contributed by atoms with E-state index >= 15 is 0 Å². The van der Waals surface area contributed by atoms with Crippen LogP contribution in [0.3, 0.4) is 0 Å². The molecule has 3 rings (SSSR count). The maximum atomic E-state index is 13.4. The molecule has 6 nitrogen and oxygen atoms in total. The lowest BCUT2D eigenvalue weighted by Gasteiger charge is -2.11. The lowest BCUT2D eigenvalue weighted by molar-refractivity contribution is 0.0127. The third kappa shape index (κ3) is 2.72. The zero-order chi connectivity index (χ0) is 16.8. The first-order chi connectivity index (χ1) is 10.8. The second-order valence-corrected chi connectivity index (χ2v) is 5.25. The van der Waals surface area contributed by atoms with Gasteiger partial charge in [0.25, 0.3) is 5.92 Å². The number of hydrogen-bond donors (Lipinski definition) is 1. The molecule has 0 fully saturated rings. The van der Waals surface area contributed by atoms with Gasteiger partial charge in [0.1, 0.15) is 10.8 Å². The molecule has 3 heterocycles. The Labute approximate surface area is 133 Å². The highest BCUT2D eigenvalue weighted by molar-refractivity contribution is 6.30. The number of carboxylic acids is 1. The normalized spacial score (nSPS) is 11.8. The van der Waals surface area contributed by atoms with Gasteiger partial charge in [-0.05, 0) is 12.1 Å². The van der Waals surface area contributed by atoms with Gasteiger partial charge in [-0.2, -0.15) is 13.9 Å². The lowest BCUT2D eigenvalue weighted by Crippen LogP contribution is -2.12. The lowest BCUT2D eigenvalue weighted by atomic mass is 10.2. The van der Waals surface area contributed by atoms with E-state index in [0.717, 1.165) is 11.6 Å². The number of carbonyl (C=O) groups is 1. The van der Waals surface area contributed by atoms with Gasteiger partial charge in [-0.15, -0.1) is 0 Å². The third-order valence-electron chi connectivity index (χ3n) is 3.14. The van der Waals surface area contributed by atoms with Crippen molar-refractivity contribution < 1.29 is 18.7 Å². The maximum Gasteiger partial charge on any atom is 0.357 e. The monoisotopic (exact) mass is 338 g/mol. The number of pyridine rings is 2. The first-order valence-electron chi connectivity index (χ1n) is 6.40. The van der Waals surface area contributed by atoms with Crippen LogP contribution in [-0.2, 0) is 5.92 Å². The predicted octanol–water partition coefficient (Wildman–Crippen LogP) is 3.28. The van der Waals surface area contributed by atoms with Crippen molar-refractivity contribution in [2.75, 3.05) is 0 Å². The summed E-state index contributed by atoms with van der Waals surface area (Å²) in [6.07, 6.45) is 1.27. The molecule has 1 N–H and O–H groups in total. The summed E-state index contributed by atoms with van der Waals surface area (Å²) in [6, 6.07) is 5.42. The molecule has 9 heteroatoms. The van der Waals surface area contributed by atoms with Crippen LogP contribution in [0.25, 0.3) is 16.7 Å². The standard InChI is InChI=1S/C14H9ClF2N4O2/c1-14(16,17)9-3-2-4-11(19-9)21-8-5-10(15)18-6-7(8)12(20-21)13(22)23/h2-6H,1H3,(H,22,23). The van der Waals surface area contributed by atoms with Crippen molar-refractivity contribution in [2.24, 2.45) is 0 Å². The maximum absolute atomic E-state index is 13.4. The van der Waals surface area contributed by atoms with Crippen LogP contribution in [-0.4, -0.2) is 30.8 Å². The van der Waals surface area contributed by atoms with Crippen LogP contribution in [0.1, 0.15) is 23.1 Å². The Hall–Kier alpha value is -2.61. The minimum Gasteiger partial charge on any atom is -0.476 e. The van der Waals surface area contributed by atoms with Crippen molar-refractivity contribution in [3.63, 3.8) is 0 Å². The van der Waals surface area contributed by atoms with Crippen LogP contribution in [0.5, 0.6) is 0 Å². The molecule has 0 saturated heterocycles. The number of aromatic carboxylic acids is 1. The molecule has 0 amide bonds. The van der Waals surface area contributed by atoms with Crippen molar-refractivity contribution in [3.05, 3.63) is 47.0 Å². The molecule has 0 aliphatic rings. The number of rotatable bonds is 3. The summed E-state index contributed by atoms with van der Waals surface area (Å²) >= 11 is 5.83. The fraction of sp³-hybridized carbons (Fsp3) is 0.143. The summed E-state index contributed by atoms with van der Waals surface area (Å²) in [5.41, 5.74) is -0.401. The van der Waals surface area contributed by atoms with E-state index in [4.69, 9.17) is 11.6 Å². The first kappa shape index (κ1) is 15.3. The summed E-state index contributed by atoms with van der Waals surface area (Å²) < 4.78 is 28.0. The molecule has 3 aromatic rings. The van der Waals surface area contributed by atoms with Crippen LogP contribution >= 0.6 is 11.6 Å². The molecule has 23 heavy (non-hydrogen) atoms. The molecule has 0 saturated carbocycles. The minimum absolute atomic E-state index is 0.0591. The number of nitrogens with zero attached hydrogens (tertiary/aromatic N) is 4. The Bertz CT molecular complexity index is 921. The molecule has 0 spiro atoms. The molecule has 0 atom stereocenters. The summed E-state index contributed by atoms with van der Waals surface area (Å²) in [5.74, 6) is -4.34. The van der Waals surface area contributed by atoms with Gasteiger partial charge in [0, 0.05) is 19.2 Å². The number of hydrogen-bond acceptors (Lipinski definition) is 4. The second kappa shape index (κ2) is 5.24. The number of carboxylic acid groups (broad SMARTS) is 1. The van der Waals surface area contributed by atoms with Gasteiger partial charge < -0.3 is 5.11 Å². The van der Waals surface area contributed by atoms with E-state index in [-0.39, 0.29) is 22.1 Å². The molecule has 0 radical (unpaired) electrons. The van der Waals surface area contributed by atoms with Gasteiger partial charge in [-0.1, -0.05) is 17.7 Å². The third-order valence-corrected chi connectivity index (χ3v) is 3.34. The van der Waals surface area contributed by atoms with Gasteiger partial charge in [0.2, 0.25) is 0 Å². The van der Waals surface area contributed by atoms with E-state index in [2.05, 4.69) is 15.1 Å². The Morgan fingerprint density at radius 2 is 2.13 bits per heavy atom. The van der Waals surface area contributed by atoms with E-state index in [9.17, 15) is 18.7 Å². The van der Waals surface area contributed by atoms with Crippen LogP contribution in [0.4, 0.5) is 8.78 Å². The molecular formula is C14H9ClF2N4O2. The van der Waals surface area contributed by atoms with Gasteiger partial charge >= 0.3 is 5.97 Å². The summed E-state index contributed by atoms with van der Waals surface area (Å²) in [5, 5.41) is 13.5. The molecule has 0 aromatic carbocycles. The van der Waals surface area contributed by atoms with Crippen molar-refractivity contribution in [1.82, 2.24) is 19.7 Å². The quantitative estimate of drug-likeness (QED) is 0.741. The molecule has 0 bridgehead atoms. The summed E-state index contributed by atoms with van der Waals surface area (Å²) in [7, 11) is 0. The molecule has 0 unspecified atom stereocenters. The van der Waals surface area contributed by atoms with E-state index in [0.29, 0.717) is 5.52 Å². The Morgan fingerprint density at radius 1 is 1.39 bits per heavy atom. The van der Waals surface area contributed by atoms with Crippen LogP contribution < -0.4 is 0 Å². The highest BCUT2D eigenvalue weighted by Crippen LogP contribution is 2.27. The summed E-state index contributed by atoms with van der Waals surface area (Å²) in [4.78, 5) is 19.0. The van der Waals surface area contributed by atoms with Crippen LogP contribution in [0, 0.1) is 0 Å². The summed E-state index contributed by atoms with van der Waals surface area (Å²) in [6.45, 7) is 0.726. The minimum atomic E-state index is -3.13. The number of aromatic nitrogens is 4. The van der Waals surface area contributed by atoms with Crippen molar-refractivity contribution in [2.45, 2.75) is 12.8 Å². The average Bonchev–Trinajstić information content (AvgIpc) is 2.85.